The number of esters is 1. The summed E-state index contributed by atoms with van der Waals surface area (Å²) >= 11 is 0. The van der Waals surface area contributed by atoms with Crippen LogP contribution < -0.4 is 0 Å². The molecule has 33 heavy (non-hydrogen) atoms. The van der Waals surface area contributed by atoms with Gasteiger partial charge in [-0.1, -0.05) is 12.5 Å². The molecule has 0 aromatic heterocycles. The van der Waals surface area contributed by atoms with Crippen LogP contribution in [0.15, 0.2) is 11.6 Å². The number of hydrogen-bond acceptors (Lipinski definition) is 8. The lowest BCUT2D eigenvalue weighted by Gasteiger charge is -2.62. The van der Waals surface area contributed by atoms with Gasteiger partial charge in [-0.2, -0.15) is 0 Å². The zero-order chi connectivity index (χ0) is 23.1. The fourth-order valence-electron chi connectivity index (χ4n) is 8.94. The quantitative estimate of drug-likeness (QED) is 0.625. The Morgan fingerprint density at radius 2 is 2.00 bits per heavy atom. The molecule has 2 saturated heterocycles. The Morgan fingerprint density at radius 3 is 2.76 bits per heavy atom. The fourth-order valence-corrected chi connectivity index (χ4v) is 8.94. The highest BCUT2D eigenvalue weighted by atomic mass is 16.9. The van der Waals surface area contributed by atoms with E-state index < -0.39 is 22.9 Å². The van der Waals surface area contributed by atoms with Crippen molar-refractivity contribution in [3.05, 3.63) is 11.6 Å². The number of ketones is 1. The van der Waals surface area contributed by atoms with Crippen LogP contribution in [0, 0.1) is 28.6 Å². The molecule has 0 amide bonds. The predicted octanol–water partition coefficient (Wildman–Crippen LogP) is 2.48. The highest BCUT2D eigenvalue weighted by Gasteiger charge is 2.77. The number of carbonyl (C=O) groups excluding carboxylic acids is 2. The van der Waals surface area contributed by atoms with Gasteiger partial charge in [0.05, 0.1) is 6.10 Å². The van der Waals surface area contributed by atoms with E-state index in [0.29, 0.717) is 31.8 Å². The summed E-state index contributed by atoms with van der Waals surface area (Å²) in [5, 5.41) is 11.8. The number of fused-ring (bicyclic) bond motifs is 7. The van der Waals surface area contributed by atoms with Gasteiger partial charge >= 0.3 is 5.97 Å². The largest absolute Gasteiger partial charge is 0.465 e. The summed E-state index contributed by atoms with van der Waals surface area (Å²) in [5.74, 6) is -0.625. The summed E-state index contributed by atoms with van der Waals surface area (Å²) in [6.45, 7) is 4.58. The Balaban J connectivity index is 1.40. The molecule has 3 saturated carbocycles. The van der Waals surface area contributed by atoms with Crippen LogP contribution in [-0.4, -0.2) is 61.2 Å². The van der Waals surface area contributed by atoms with E-state index in [2.05, 4.69) is 6.92 Å². The molecule has 6 rings (SSSR count). The van der Waals surface area contributed by atoms with Crippen molar-refractivity contribution in [1.82, 2.24) is 0 Å². The van der Waals surface area contributed by atoms with Gasteiger partial charge in [0.2, 0.25) is 5.79 Å². The second-order valence-electron chi connectivity index (χ2n) is 11.2. The van der Waals surface area contributed by atoms with Gasteiger partial charge in [0.1, 0.15) is 18.8 Å². The van der Waals surface area contributed by atoms with Crippen LogP contribution in [0.1, 0.15) is 58.8 Å². The van der Waals surface area contributed by atoms with Gasteiger partial charge in [0.15, 0.2) is 19.4 Å². The standard InChI is InChI=1S/C25H34O8/c1-15(26)30-11-23-7-5-17(27)9-16(23)3-4-18-19-6-8-24(22(19,2)10-20(28)21(18)23)25(33-14-31-24)12-29-13-32-25/h9,18-21,28H,3-8,10-14H2,1-2H3/t18-,19-,20-,21+,22-,23+,24+,25?/m0/s1. The van der Waals surface area contributed by atoms with E-state index >= 15 is 0 Å². The van der Waals surface area contributed by atoms with Crippen LogP contribution >= 0.6 is 0 Å². The van der Waals surface area contributed by atoms with Crippen molar-refractivity contribution in [2.75, 3.05) is 26.8 Å². The van der Waals surface area contributed by atoms with Crippen molar-refractivity contribution in [1.29, 1.82) is 0 Å². The van der Waals surface area contributed by atoms with Gasteiger partial charge in [-0.3, -0.25) is 9.59 Å². The van der Waals surface area contributed by atoms with Crippen LogP contribution in [0.5, 0.6) is 0 Å². The van der Waals surface area contributed by atoms with Gasteiger partial charge in [0.25, 0.3) is 0 Å². The van der Waals surface area contributed by atoms with E-state index in [0.717, 1.165) is 31.3 Å². The number of hydrogen-bond donors (Lipinski definition) is 1. The molecule has 0 aromatic carbocycles. The van der Waals surface area contributed by atoms with Crippen molar-refractivity contribution in [2.45, 2.75) is 76.3 Å². The summed E-state index contributed by atoms with van der Waals surface area (Å²) < 4.78 is 29.7. The third-order valence-electron chi connectivity index (χ3n) is 10.2. The third kappa shape index (κ3) is 2.76. The minimum Gasteiger partial charge on any atom is -0.465 e. The molecule has 8 heteroatoms. The van der Waals surface area contributed by atoms with Gasteiger partial charge < -0.3 is 28.8 Å². The number of ether oxygens (including phenoxy) is 5. The first-order valence-electron chi connectivity index (χ1n) is 12.3. The molecule has 1 N–H and O–H groups in total. The first-order valence-corrected chi connectivity index (χ1v) is 12.3. The lowest BCUT2D eigenvalue weighted by Crippen LogP contribution is -2.66. The van der Waals surface area contributed by atoms with Gasteiger partial charge in [-0.15, -0.1) is 0 Å². The van der Waals surface area contributed by atoms with Crippen molar-refractivity contribution in [3.8, 4) is 0 Å². The maximum absolute atomic E-state index is 12.3. The lowest BCUT2D eigenvalue weighted by molar-refractivity contribution is -0.258. The van der Waals surface area contributed by atoms with E-state index in [-0.39, 0.29) is 49.2 Å². The number of carbonyl (C=O) groups is 2. The summed E-state index contributed by atoms with van der Waals surface area (Å²) in [4.78, 5) is 24.1. The summed E-state index contributed by atoms with van der Waals surface area (Å²) in [6.07, 6.45) is 6.22. The maximum atomic E-state index is 12.3. The molecule has 1 unspecified atom stereocenters. The van der Waals surface area contributed by atoms with Gasteiger partial charge in [0, 0.05) is 30.1 Å². The number of rotatable bonds is 2. The van der Waals surface area contributed by atoms with Crippen LogP contribution in [0.25, 0.3) is 0 Å². The Labute approximate surface area is 193 Å². The first kappa shape index (κ1) is 22.2. The van der Waals surface area contributed by atoms with E-state index in [1.807, 2.05) is 0 Å². The summed E-state index contributed by atoms with van der Waals surface area (Å²) in [7, 11) is 0. The third-order valence-corrected chi connectivity index (χ3v) is 10.2. The zero-order valence-electron chi connectivity index (χ0n) is 19.5. The molecule has 0 aromatic rings. The van der Waals surface area contributed by atoms with Crippen LogP contribution in [0.4, 0.5) is 0 Å². The van der Waals surface area contributed by atoms with Crippen molar-refractivity contribution >= 4 is 11.8 Å². The van der Waals surface area contributed by atoms with Gasteiger partial charge in [-0.25, -0.2) is 0 Å². The SMILES string of the molecule is CC(=O)OC[C@]12CCC(=O)C=C1CC[C@@H]1[C@@H]2[C@@H](O)C[C@@]2(C)[C@H]1CC[C@@]21OCOC12COCO2. The Hall–Kier alpha value is -1.32. The minimum atomic E-state index is -0.921. The fraction of sp³-hybridized carbons (Fsp3) is 0.840. The van der Waals surface area contributed by atoms with E-state index in [9.17, 15) is 14.7 Å². The van der Waals surface area contributed by atoms with E-state index in [1.54, 1.807) is 6.08 Å². The van der Waals surface area contributed by atoms with E-state index in [4.69, 9.17) is 23.7 Å². The summed E-state index contributed by atoms with van der Waals surface area (Å²) in [6, 6.07) is 0. The molecule has 2 spiro atoms. The monoisotopic (exact) mass is 462 g/mol. The Bertz CT molecular complexity index is 887. The normalized spacial score (nSPS) is 50.8. The molecule has 0 bridgehead atoms. The lowest BCUT2D eigenvalue weighted by atomic mass is 9.45. The molecule has 8 atom stereocenters. The minimum absolute atomic E-state index is 0.0582. The number of aliphatic hydroxyl groups excluding tert-OH is 1. The molecule has 0 radical (unpaired) electrons. The van der Waals surface area contributed by atoms with E-state index in [1.165, 1.54) is 6.92 Å². The summed E-state index contributed by atoms with van der Waals surface area (Å²) in [5.41, 5.74) is -0.418. The van der Waals surface area contributed by atoms with Crippen molar-refractivity contribution in [3.63, 3.8) is 0 Å². The van der Waals surface area contributed by atoms with Crippen LogP contribution in [0.3, 0.4) is 0 Å². The Kier molecular flexibility index (Phi) is 4.93. The van der Waals surface area contributed by atoms with Crippen molar-refractivity contribution in [2.24, 2.45) is 28.6 Å². The maximum Gasteiger partial charge on any atom is 0.302 e. The topological polar surface area (TPSA) is 101 Å². The molecule has 5 fully saturated rings. The first-order chi connectivity index (χ1) is 15.8. The second-order valence-corrected chi connectivity index (χ2v) is 11.2. The highest BCUT2D eigenvalue weighted by Crippen LogP contribution is 2.71. The average Bonchev–Trinajstić information content (AvgIpc) is 3.47. The van der Waals surface area contributed by atoms with Crippen LogP contribution in [-0.2, 0) is 33.3 Å². The smallest absolute Gasteiger partial charge is 0.302 e. The molecule has 6 aliphatic rings. The molecule has 8 nitrogen and oxygen atoms in total. The average molecular weight is 463 g/mol. The highest BCUT2D eigenvalue weighted by molar-refractivity contribution is 5.91. The molecule has 182 valence electrons. The van der Waals surface area contributed by atoms with Gasteiger partial charge in [-0.05, 0) is 56.4 Å². The second kappa shape index (κ2) is 7.34. The molecular weight excluding hydrogens is 428 g/mol. The van der Waals surface area contributed by atoms with Crippen molar-refractivity contribution < 1.29 is 38.4 Å². The molecule has 2 aliphatic heterocycles. The predicted molar refractivity (Wildman–Crippen MR) is 113 cm³/mol. The Morgan fingerprint density at radius 1 is 1.18 bits per heavy atom. The van der Waals surface area contributed by atoms with Crippen LogP contribution in [0.2, 0.25) is 0 Å². The zero-order valence-corrected chi connectivity index (χ0v) is 19.5. The molecule has 2 heterocycles. The molecule has 4 aliphatic carbocycles. The molecular formula is C25H34O8. The number of aliphatic hydroxyl groups is 1.